The maximum atomic E-state index is 12.9. The smallest absolute Gasteiger partial charge is 0.311 e. The first-order valence-corrected chi connectivity index (χ1v) is 7.91. The first-order chi connectivity index (χ1) is 10.1. The van der Waals surface area contributed by atoms with Gasteiger partial charge < -0.3 is 14.7 Å². The molecular formula is C16H23NO4. The molecule has 0 radical (unpaired) electrons. The summed E-state index contributed by atoms with van der Waals surface area (Å²) in [4.78, 5) is 26.1. The van der Waals surface area contributed by atoms with Gasteiger partial charge in [-0.05, 0) is 31.1 Å². The molecule has 3 rings (SSSR count). The van der Waals surface area contributed by atoms with Crippen molar-refractivity contribution in [1.29, 1.82) is 0 Å². The Bertz CT molecular complexity index is 461. The highest BCUT2D eigenvalue weighted by molar-refractivity contribution is 5.82. The monoisotopic (exact) mass is 293 g/mol. The van der Waals surface area contributed by atoms with Gasteiger partial charge in [-0.25, -0.2) is 0 Å². The zero-order valence-electron chi connectivity index (χ0n) is 12.4. The van der Waals surface area contributed by atoms with Gasteiger partial charge in [0.05, 0.1) is 19.3 Å². The molecule has 1 aliphatic heterocycles. The molecule has 5 unspecified atom stereocenters. The third-order valence-corrected chi connectivity index (χ3v) is 5.11. The van der Waals surface area contributed by atoms with E-state index in [9.17, 15) is 14.7 Å². The summed E-state index contributed by atoms with van der Waals surface area (Å²) in [6.07, 6.45) is 7.23. The van der Waals surface area contributed by atoms with Crippen LogP contribution in [-0.2, 0) is 14.3 Å². The number of ether oxygens (including phenoxy) is 1. The second-order valence-corrected chi connectivity index (χ2v) is 6.47. The number of allylic oxidation sites excluding steroid dienone is 2. The van der Waals surface area contributed by atoms with Gasteiger partial charge in [0.1, 0.15) is 5.92 Å². The van der Waals surface area contributed by atoms with Crippen LogP contribution >= 0.6 is 0 Å². The lowest BCUT2D eigenvalue weighted by Crippen LogP contribution is -2.49. The van der Waals surface area contributed by atoms with Crippen LogP contribution in [-0.4, -0.2) is 47.7 Å². The topological polar surface area (TPSA) is 66.8 Å². The fourth-order valence-electron chi connectivity index (χ4n) is 4.04. The standard InChI is InChI=1S/C16H23NO4/c1-2-5-17(14-9-21-8-13(14)16(19)20)15(18)12-7-10-3-4-11(12)6-10/h3-4,10-14H,2,5-9H2,1H3,(H,19,20). The molecule has 1 N–H and O–H groups in total. The molecule has 1 saturated heterocycles. The summed E-state index contributed by atoms with van der Waals surface area (Å²) in [6, 6.07) is -0.307. The Morgan fingerprint density at radius 1 is 1.24 bits per heavy atom. The van der Waals surface area contributed by atoms with Crippen molar-refractivity contribution in [2.75, 3.05) is 19.8 Å². The summed E-state index contributed by atoms with van der Waals surface area (Å²) < 4.78 is 5.34. The van der Waals surface area contributed by atoms with Gasteiger partial charge in [-0.1, -0.05) is 19.1 Å². The van der Waals surface area contributed by atoms with Crippen molar-refractivity contribution in [3.05, 3.63) is 12.2 Å². The molecule has 1 heterocycles. The number of carboxylic acid groups (broad SMARTS) is 1. The van der Waals surface area contributed by atoms with Crippen LogP contribution in [0, 0.1) is 23.7 Å². The first kappa shape index (κ1) is 14.6. The van der Waals surface area contributed by atoms with E-state index in [4.69, 9.17) is 4.74 Å². The van der Waals surface area contributed by atoms with Crippen molar-refractivity contribution in [2.45, 2.75) is 32.2 Å². The number of amides is 1. The number of rotatable bonds is 5. The van der Waals surface area contributed by atoms with Gasteiger partial charge in [-0.3, -0.25) is 9.59 Å². The average Bonchev–Trinajstić information content (AvgIpc) is 3.18. The molecule has 116 valence electrons. The quantitative estimate of drug-likeness (QED) is 0.781. The Morgan fingerprint density at radius 3 is 2.62 bits per heavy atom. The number of aliphatic carboxylic acids is 1. The lowest BCUT2D eigenvalue weighted by Gasteiger charge is -2.34. The van der Waals surface area contributed by atoms with Crippen LogP contribution in [0.3, 0.4) is 0 Å². The van der Waals surface area contributed by atoms with Gasteiger partial charge in [0.15, 0.2) is 0 Å². The van der Waals surface area contributed by atoms with Crippen LogP contribution < -0.4 is 0 Å². The predicted molar refractivity (Wildman–Crippen MR) is 76.6 cm³/mol. The molecule has 5 nitrogen and oxygen atoms in total. The second-order valence-electron chi connectivity index (χ2n) is 6.47. The van der Waals surface area contributed by atoms with Crippen molar-refractivity contribution < 1.29 is 19.4 Å². The zero-order chi connectivity index (χ0) is 15.0. The van der Waals surface area contributed by atoms with Gasteiger partial charge in [0.2, 0.25) is 5.91 Å². The summed E-state index contributed by atoms with van der Waals surface area (Å²) in [6.45, 7) is 3.20. The number of hydrogen-bond acceptors (Lipinski definition) is 3. The molecule has 3 aliphatic rings. The van der Waals surface area contributed by atoms with Crippen LogP contribution in [0.5, 0.6) is 0 Å². The minimum Gasteiger partial charge on any atom is -0.481 e. The second kappa shape index (κ2) is 5.79. The van der Waals surface area contributed by atoms with Crippen LogP contribution in [0.2, 0.25) is 0 Å². The van der Waals surface area contributed by atoms with E-state index in [0.717, 1.165) is 19.3 Å². The van der Waals surface area contributed by atoms with Gasteiger partial charge in [-0.2, -0.15) is 0 Å². The molecule has 0 aromatic carbocycles. The van der Waals surface area contributed by atoms with Crippen molar-refractivity contribution >= 4 is 11.9 Å². The first-order valence-electron chi connectivity index (χ1n) is 7.91. The van der Waals surface area contributed by atoms with E-state index in [1.807, 2.05) is 6.92 Å². The molecule has 5 atom stereocenters. The summed E-state index contributed by atoms with van der Waals surface area (Å²) in [5.41, 5.74) is 0. The van der Waals surface area contributed by atoms with Crippen molar-refractivity contribution in [2.24, 2.45) is 23.7 Å². The number of nitrogens with zero attached hydrogens (tertiary/aromatic N) is 1. The Balaban J connectivity index is 1.76. The summed E-state index contributed by atoms with van der Waals surface area (Å²) in [5.74, 6) is -0.374. The van der Waals surface area contributed by atoms with Crippen LogP contribution in [0.25, 0.3) is 0 Å². The Kier molecular flexibility index (Phi) is 4.02. The highest BCUT2D eigenvalue weighted by Crippen LogP contribution is 2.44. The molecule has 0 aromatic heterocycles. The molecule has 2 fully saturated rings. The third kappa shape index (κ3) is 2.59. The maximum absolute atomic E-state index is 12.9. The number of carbonyl (C=O) groups is 2. The number of hydrogen-bond donors (Lipinski definition) is 1. The minimum atomic E-state index is -0.862. The largest absolute Gasteiger partial charge is 0.481 e. The molecule has 1 saturated carbocycles. The molecule has 0 aromatic rings. The van der Waals surface area contributed by atoms with Crippen molar-refractivity contribution in [1.82, 2.24) is 4.90 Å². The molecule has 2 aliphatic carbocycles. The van der Waals surface area contributed by atoms with Crippen LogP contribution in [0.1, 0.15) is 26.2 Å². The third-order valence-electron chi connectivity index (χ3n) is 5.11. The summed E-state index contributed by atoms with van der Waals surface area (Å²) in [5, 5.41) is 9.32. The van der Waals surface area contributed by atoms with E-state index in [0.29, 0.717) is 25.0 Å². The zero-order valence-corrected chi connectivity index (χ0v) is 12.4. The molecular weight excluding hydrogens is 270 g/mol. The van der Waals surface area contributed by atoms with E-state index in [1.165, 1.54) is 0 Å². The molecule has 5 heteroatoms. The Hall–Kier alpha value is -1.36. The predicted octanol–water partition coefficient (Wildman–Crippen LogP) is 1.54. The highest BCUT2D eigenvalue weighted by Gasteiger charge is 2.46. The van der Waals surface area contributed by atoms with Crippen LogP contribution in [0.4, 0.5) is 0 Å². The minimum absolute atomic E-state index is 0.0431. The summed E-state index contributed by atoms with van der Waals surface area (Å²) in [7, 11) is 0. The normalized spacial score (nSPS) is 37.1. The van der Waals surface area contributed by atoms with Crippen LogP contribution in [0.15, 0.2) is 12.2 Å². The van der Waals surface area contributed by atoms with Gasteiger partial charge >= 0.3 is 5.97 Å². The van der Waals surface area contributed by atoms with E-state index >= 15 is 0 Å². The van der Waals surface area contributed by atoms with Crippen molar-refractivity contribution in [3.63, 3.8) is 0 Å². The lowest BCUT2D eigenvalue weighted by atomic mass is 9.90. The molecule has 1 amide bonds. The van der Waals surface area contributed by atoms with Gasteiger partial charge in [-0.15, -0.1) is 0 Å². The Labute approximate surface area is 124 Å². The molecule has 0 spiro atoms. The highest BCUT2D eigenvalue weighted by atomic mass is 16.5. The van der Waals surface area contributed by atoms with E-state index in [2.05, 4.69) is 12.2 Å². The number of carboxylic acids is 1. The van der Waals surface area contributed by atoms with E-state index in [-0.39, 0.29) is 24.5 Å². The fourth-order valence-corrected chi connectivity index (χ4v) is 4.04. The number of carbonyl (C=O) groups excluding carboxylic acids is 1. The molecule has 21 heavy (non-hydrogen) atoms. The van der Waals surface area contributed by atoms with Crippen molar-refractivity contribution in [3.8, 4) is 0 Å². The molecule has 2 bridgehead atoms. The van der Waals surface area contributed by atoms with Gasteiger partial charge in [0, 0.05) is 12.5 Å². The SMILES string of the molecule is CCCN(C(=O)C1CC2C=CC1C2)C1COCC1C(=O)O. The van der Waals surface area contributed by atoms with E-state index in [1.54, 1.807) is 4.90 Å². The number of fused-ring (bicyclic) bond motifs is 2. The fraction of sp³-hybridized carbons (Fsp3) is 0.750. The summed E-state index contributed by atoms with van der Waals surface area (Å²) >= 11 is 0. The van der Waals surface area contributed by atoms with Gasteiger partial charge in [0.25, 0.3) is 0 Å². The average molecular weight is 293 g/mol. The van der Waals surface area contributed by atoms with E-state index < -0.39 is 11.9 Å². The Morgan fingerprint density at radius 2 is 2.05 bits per heavy atom. The lowest BCUT2D eigenvalue weighted by molar-refractivity contribution is -0.146. The maximum Gasteiger partial charge on any atom is 0.311 e.